The molecule has 6 nitrogen and oxygen atoms in total. The summed E-state index contributed by atoms with van der Waals surface area (Å²) in [5.41, 5.74) is -0.850. The summed E-state index contributed by atoms with van der Waals surface area (Å²) in [5, 5.41) is 11.4. The molecule has 1 saturated heterocycles. The fourth-order valence-electron chi connectivity index (χ4n) is 2.81. The monoisotopic (exact) mass is 254 g/mol. The van der Waals surface area contributed by atoms with E-state index in [-0.39, 0.29) is 5.91 Å². The van der Waals surface area contributed by atoms with E-state index in [2.05, 4.69) is 12.2 Å². The maximum Gasteiger partial charge on any atom is 0.325 e. The van der Waals surface area contributed by atoms with Crippen molar-refractivity contribution in [2.24, 2.45) is 5.92 Å². The summed E-state index contributed by atoms with van der Waals surface area (Å²) in [6, 6.07) is -0.572. The van der Waals surface area contributed by atoms with Crippen LogP contribution < -0.4 is 5.32 Å². The number of carboxylic acids is 1. The summed E-state index contributed by atoms with van der Waals surface area (Å²) in [6.07, 6.45) is 4.03. The van der Waals surface area contributed by atoms with Gasteiger partial charge in [-0.1, -0.05) is 19.8 Å². The molecule has 18 heavy (non-hydrogen) atoms. The van der Waals surface area contributed by atoms with Crippen molar-refractivity contribution in [2.45, 2.75) is 44.6 Å². The Morgan fingerprint density at radius 2 is 2.17 bits per heavy atom. The summed E-state index contributed by atoms with van der Waals surface area (Å²) in [7, 11) is 0. The summed E-state index contributed by atoms with van der Waals surface area (Å²) in [4.78, 5) is 35.5. The predicted molar refractivity (Wildman–Crippen MR) is 62.9 cm³/mol. The standard InChI is InChI=1S/C12H18N2O4/c1-8-3-2-5-12(6-4-8)10(17)14(7-9(15)16)11(18)13-12/h8H,2-7H2,1H3,(H,13,18)(H,15,16). The SMILES string of the molecule is CC1CCCC2(CC1)NC(=O)N(CC(=O)O)C2=O. The highest BCUT2D eigenvalue weighted by Gasteiger charge is 2.51. The fourth-order valence-corrected chi connectivity index (χ4v) is 2.81. The van der Waals surface area contributed by atoms with Crippen LogP contribution in [-0.4, -0.2) is 40.0 Å². The van der Waals surface area contributed by atoms with E-state index in [1.165, 1.54) is 0 Å². The van der Waals surface area contributed by atoms with Crippen molar-refractivity contribution >= 4 is 17.9 Å². The number of rotatable bonds is 2. The van der Waals surface area contributed by atoms with E-state index in [4.69, 9.17) is 5.11 Å². The first-order valence-electron chi connectivity index (χ1n) is 6.30. The first-order chi connectivity index (χ1) is 8.44. The van der Waals surface area contributed by atoms with Gasteiger partial charge in [0.2, 0.25) is 0 Å². The Kier molecular flexibility index (Phi) is 3.28. The summed E-state index contributed by atoms with van der Waals surface area (Å²) < 4.78 is 0. The number of carbonyl (C=O) groups is 3. The lowest BCUT2D eigenvalue weighted by Crippen LogP contribution is -2.46. The Balaban J connectivity index is 2.17. The molecule has 1 heterocycles. The Labute approximate surface area is 105 Å². The van der Waals surface area contributed by atoms with Gasteiger partial charge < -0.3 is 10.4 Å². The van der Waals surface area contributed by atoms with Crippen LogP contribution in [0.2, 0.25) is 0 Å². The maximum absolute atomic E-state index is 12.3. The molecule has 0 bridgehead atoms. The highest BCUT2D eigenvalue weighted by Crippen LogP contribution is 2.34. The molecule has 0 aromatic carbocycles. The Morgan fingerprint density at radius 1 is 1.44 bits per heavy atom. The lowest BCUT2D eigenvalue weighted by molar-refractivity contribution is -0.143. The number of carboxylic acid groups (broad SMARTS) is 1. The average molecular weight is 254 g/mol. The molecular formula is C12H18N2O4. The van der Waals surface area contributed by atoms with E-state index in [9.17, 15) is 14.4 Å². The van der Waals surface area contributed by atoms with Gasteiger partial charge in [0.05, 0.1) is 0 Å². The lowest BCUT2D eigenvalue weighted by atomic mass is 9.90. The van der Waals surface area contributed by atoms with Crippen molar-refractivity contribution in [3.05, 3.63) is 0 Å². The zero-order valence-corrected chi connectivity index (χ0v) is 10.4. The average Bonchev–Trinajstić information content (AvgIpc) is 2.46. The van der Waals surface area contributed by atoms with E-state index < -0.39 is 24.1 Å². The van der Waals surface area contributed by atoms with Crippen LogP contribution in [0.5, 0.6) is 0 Å². The first kappa shape index (κ1) is 12.9. The number of imide groups is 1. The van der Waals surface area contributed by atoms with Crippen LogP contribution in [0.4, 0.5) is 4.79 Å². The van der Waals surface area contributed by atoms with Crippen LogP contribution in [0.1, 0.15) is 39.0 Å². The molecular weight excluding hydrogens is 236 g/mol. The van der Waals surface area contributed by atoms with Gasteiger partial charge in [0.1, 0.15) is 12.1 Å². The molecule has 1 aliphatic heterocycles. The maximum atomic E-state index is 12.3. The third kappa shape index (κ3) is 2.19. The highest BCUT2D eigenvalue weighted by atomic mass is 16.4. The summed E-state index contributed by atoms with van der Waals surface area (Å²) in [6.45, 7) is 1.58. The van der Waals surface area contributed by atoms with Crippen LogP contribution in [0.3, 0.4) is 0 Å². The van der Waals surface area contributed by atoms with Crippen molar-refractivity contribution in [2.75, 3.05) is 6.54 Å². The van der Waals surface area contributed by atoms with E-state index in [1.807, 2.05) is 0 Å². The largest absolute Gasteiger partial charge is 0.480 e. The minimum atomic E-state index is -1.17. The third-order valence-corrected chi connectivity index (χ3v) is 3.90. The number of aliphatic carboxylic acids is 1. The zero-order valence-electron chi connectivity index (χ0n) is 10.4. The van der Waals surface area contributed by atoms with Crippen molar-refractivity contribution in [3.63, 3.8) is 0 Å². The lowest BCUT2D eigenvalue weighted by Gasteiger charge is -2.24. The van der Waals surface area contributed by atoms with Crippen molar-refractivity contribution in [3.8, 4) is 0 Å². The Morgan fingerprint density at radius 3 is 2.83 bits per heavy atom. The van der Waals surface area contributed by atoms with Gasteiger partial charge in [0.15, 0.2) is 0 Å². The quantitative estimate of drug-likeness (QED) is 0.719. The smallest absolute Gasteiger partial charge is 0.325 e. The van der Waals surface area contributed by atoms with Gasteiger partial charge in [-0.2, -0.15) is 0 Å². The van der Waals surface area contributed by atoms with Crippen LogP contribution in [0, 0.1) is 5.92 Å². The van der Waals surface area contributed by atoms with Gasteiger partial charge in [0, 0.05) is 0 Å². The van der Waals surface area contributed by atoms with Crippen molar-refractivity contribution in [1.82, 2.24) is 10.2 Å². The van der Waals surface area contributed by atoms with Gasteiger partial charge in [-0.15, -0.1) is 0 Å². The minimum absolute atomic E-state index is 0.371. The van der Waals surface area contributed by atoms with E-state index in [0.29, 0.717) is 18.8 Å². The second-order valence-corrected chi connectivity index (χ2v) is 5.33. The van der Waals surface area contributed by atoms with Crippen LogP contribution >= 0.6 is 0 Å². The molecule has 0 radical (unpaired) electrons. The number of carbonyl (C=O) groups excluding carboxylic acids is 2. The normalized spacial score (nSPS) is 32.5. The number of hydrogen-bond donors (Lipinski definition) is 2. The van der Waals surface area contributed by atoms with Crippen LogP contribution in [0.15, 0.2) is 0 Å². The molecule has 2 atom stereocenters. The molecule has 6 heteroatoms. The van der Waals surface area contributed by atoms with Gasteiger partial charge in [-0.05, 0) is 25.2 Å². The van der Waals surface area contributed by atoms with E-state index >= 15 is 0 Å². The molecule has 0 aromatic rings. The van der Waals surface area contributed by atoms with E-state index in [0.717, 1.165) is 24.2 Å². The first-order valence-corrected chi connectivity index (χ1v) is 6.30. The van der Waals surface area contributed by atoms with Gasteiger partial charge in [-0.3, -0.25) is 14.5 Å². The number of hydrogen-bond acceptors (Lipinski definition) is 3. The second kappa shape index (κ2) is 4.59. The molecule has 2 aliphatic rings. The summed E-state index contributed by atoms with van der Waals surface area (Å²) in [5.74, 6) is -0.996. The summed E-state index contributed by atoms with van der Waals surface area (Å²) >= 11 is 0. The highest BCUT2D eigenvalue weighted by molar-refractivity contribution is 6.08. The number of amides is 3. The van der Waals surface area contributed by atoms with Gasteiger partial charge in [-0.25, -0.2) is 4.79 Å². The molecule has 1 spiro atoms. The Hall–Kier alpha value is -1.59. The van der Waals surface area contributed by atoms with Crippen molar-refractivity contribution < 1.29 is 19.5 Å². The molecule has 2 unspecified atom stereocenters. The molecule has 3 amide bonds. The minimum Gasteiger partial charge on any atom is -0.480 e. The van der Waals surface area contributed by atoms with Crippen LogP contribution in [-0.2, 0) is 9.59 Å². The molecule has 100 valence electrons. The topological polar surface area (TPSA) is 86.7 Å². The number of nitrogens with zero attached hydrogens (tertiary/aromatic N) is 1. The number of urea groups is 1. The fraction of sp³-hybridized carbons (Fsp3) is 0.750. The molecule has 2 fully saturated rings. The van der Waals surface area contributed by atoms with Crippen molar-refractivity contribution in [1.29, 1.82) is 0 Å². The molecule has 2 rings (SSSR count). The molecule has 2 N–H and O–H groups in total. The molecule has 1 aliphatic carbocycles. The van der Waals surface area contributed by atoms with Gasteiger partial charge >= 0.3 is 12.0 Å². The van der Waals surface area contributed by atoms with E-state index in [1.54, 1.807) is 0 Å². The third-order valence-electron chi connectivity index (χ3n) is 3.90. The number of nitrogens with one attached hydrogen (secondary N) is 1. The zero-order chi connectivity index (χ0) is 13.3. The second-order valence-electron chi connectivity index (χ2n) is 5.33. The molecule has 0 aromatic heterocycles. The van der Waals surface area contributed by atoms with Gasteiger partial charge in [0.25, 0.3) is 5.91 Å². The predicted octanol–water partition coefficient (Wildman–Crippen LogP) is 0.962. The Bertz CT molecular complexity index is 396. The van der Waals surface area contributed by atoms with Crippen LogP contribution in [0.25, 0.3) is 0 Å². The molecule has 1 saturated carbocycles.